The summed E-state index contributed by atoms with van der Waals surface area (Å²) in [6.45, 7) is 4.64. The van der Waals surface area contributed by atoms with Crippen LogP contribution in [0.25, 0.3) is 0 Å². The number of ether oxygens (including phenoxy) is 1. The fourth-order valence-corrected chi connectivity index (χ4v) is 1.92. The van der Waals surface area contributed by atoms with Crippen molar-refractivity contribution in [1.29, 1.82) is 0 Å². The first-order valence-electron chi connectivity index (χ1n) is 5.78. The zero-order valence-electron chi connectivity index (χ0n) is 10.8. The van der Waals surface area contributed by atoms with Crippen molar-refractivity contribution in [2.75, 3.05) is 7.11 Å². The molecule has 18 heavy (non-hydrogen) atoms. The number of hydrogen-bond donors (Lipinski definition) is 0. The minimum absolute atomic E-state index is 0.315. The number of esters is 1. The number of hydrogen-bond acceptors (Lipinski definition) is 3. The first-order valence-corrected chi connectivity index (χ1v) is 5.78. The lowest BCUT2D eigenvalue weighted by atomic mass is 10.1. The van der Waals surface area contributed by atoms with E-state index in [9.17, 15) is 4.79 Å². The highest BCUT2D eigenvalue weighted by Crippen LogP contribution is 2.10. The van der Waals surface area contributed by atoms with Crippen molar-refractivity contribution in [3.8, 4) is 0 Å². The molecular formula is C14H16N2O2. The van der Waals surface area contributed by atoms with Crippen molar-refractivity contribution in [2.45, 2.75) is 20.4 Å². The molecule has 0 atom stereocenters. The average molecular weight is 244 g/mol. The summed E-state index contributed by atoms with van der Waals surface area (Å²) in [6.07, 6.45) is 0. The summed E-state index contributed by atoms with van der Waals surface area (Å²) in [4.78, 5) is 11.4. The molecule has 0 bridgehead atoms. The second-order valence-corrected chi connectivity index (χ2v) is 4.28. The van der Waals surface area contributed by atoms with E-state index in [1.807, 2.05) is 42.8 Å². The summed E-state index contributed by atoms with van der Waals surface area (Å²) >= 11 is 0. The Labute approximate surface area is 106 Å². The molecule has 0 amide bonds. The monoisotopic (exact) mass is 244 g/mol. The zero-order valence-corrected chi connectivity index (χ0v) is 10.8. The molecule has 0 radical (unpaired) electrons. The molecule has 94 valence electrons. The van der Waals surface area contributed by atoms with Crippen LogP contribution in [0.4, 0.5) is 0 Å². The Hall–Kier alpha value is -2.10. The van der Waals surface area contributed by atoms with E-state index in [2.05, 4.69) is 5.10 Å². The van der Waals surface area contributed by atoms with E-state index in [1.165, 1.54) is 7.11 Å². The molecule has 2 aromatic rings. The van der Waals surface area contributed by atoms with Crippen LogP contribution in [0, 0.1) is 13.8 Å². The highest BCUT2D eigenvalue weighted by molar-refractivity contribution is 5.89. The quantitative estimate of drug-likeness (QED) is 0.778. The van der Waals surface area contributed by atoms with Gasteiger partial charge in [-0.2, -0.15) is 5.10 Å². The number of rotatable bonds is 3. The lowest BCUT2D eigenvalue weighted by Gasteiger charge is -2.06. The summed E-state index contributed by atoms with van der Waals surface area (Å²) in [7, 11) is 1.38. The molecule has 0 spiro atoms. The molecule has 4 nitrogen and oxygen atoms in total. The number of carbonyl (C=O) groups excluding carboxylic acids is 1. The maximum atomic E-state index is 11.4. The molecule has 4 heteroatoms. The molecule has 2 rings (SSSR count). The SMILES string of the molecule is COC(=O)c1cccc(Cn2nc(C)cc2C)c1. The summed E-state index contributed by atoms with van der Waals surface area (Å²) < 4.78 is 6.63. The van der Waals surface area contributed by atoms with Crippen LogP contribution in [0.5, 0.6) is 0 Å². The normalized spacial score (nSPS) is 10.4. The van der Waals surface area contributed by atoms with Gasteiger partial charge in [0.05, 0.1) is 24.9 Å². The third-order valence-corrected chi connectivity index (χ3v) is 2.78. The minimum Gasteiger partial charge on any atom is -0.465 e. The van der Waals surface area contributed by atoms with Crippen molar-refractivity contribution >= 4 is 5.97 Å². The number of benzene rings is 1. The number of carbonyl (C=O) groups is 1. The van der Waals surface area contributed by atoms with Gasteiger partial charge in [-0.3, -0.25) is 4.68 Å². The van der Waals surface area contributed by atoms with E-state index < -0.39 is 0 Å². The molecule has 0 unspecified atom stereocenters. The van der Waals surface area contributed by atoms with E-state index in [1.54, 1.807) is 6.07 Å². The third-order valence-electron chi connectivity index (χ3n) is 2.78. The van der Waals surface area contributed by atoms with Crippen LogP contribution in [0.2, 0.25) is 0 Å². The van der Waals surface area contributed by atoms with E-state index in [0.29, 0.717) is 12.1 Å². The Morgan fingerprint density at radius 2 is 2.11 bits per heavy atom. The van der Waals surface area contributed by atoms with Crippen LogP contribution in [-0.2, 0) is 11.3 Å². The molecule has 0 saturated heterocycles. The number of aromatic nitrogens is 2. The van der Waals surface area contributed by atoms with Gasteiger partial charge in [-0.05, 0) is 37.6 Å². The van der Waals surface area contributed by atoms with Crippen LogP contribution in [0.15, 0.2) is 30.3 Å². The molecule has 1 aromatic heterocycles. The summed E-state index contributed by atoms with van der Waals surface area (Å²) in [5, 5.41) is 4.40. The molecule has 0 aliphatic carbocycles. The summed E-state index contributed by atoms with van der Waals surface area (Å²) in [5.41, 5.74) is 3.70. The van der Waals surface area contributed by atoms with Crippen molar-refractivity contribution < 1.29 is 9.53 Å². The molecule has 0 aliphatic rings. The van der Waals surface area contributed by atoms with Crippen LogP contribution in [0.1, 0.15) is 27.3 Å². The van der Waals surface area contributed by atoms with Crippen molar-refractivity contribution in [2.24, 2.45) is 0 Å². The topological polar surface area (TPSA) is 44.1 Å². The Balaban J connectivity index is 2.24. The van der Waals surface area contributed by atoms with Gasteiger partial charge < -0.3 is 4.74 Å². The molecule has 0 aliphatic heterocycles. The predicted molar refractivity (Wildman–Crippen MR) is 68.6 cm³/mol. The molecule has 0 fully saturated rings. The standard InChI is InChI=1S/C14H16N2O2/c1-10-7-11(2)16(15-10)9-12-5-4-6-13(8-12)14(17)18-3/h4-8H,9H2,1-3H3. The first-order chi connectivity index (χ1) is 8.60. The minimum atomic E-state index is -0.315. The van der Waals surface area contributed by atoms with Crippen LogP contribution >= 0.6 is 0 Å². The van der Waals surface area contributed by atoms with Gasteiger partial charge in [0.15, 0.2) is 0 Å². The second kappa shape index (κ2) is 5.04. The van der Waals surface area contributed by atoms with Crippen LogP contribution in [0.3, 0.4) is 0 Å². The van der Waals surface area contributed by atoms with E-state index in [0.717, 1.165) is 17.0 Å². The summed E-state index contributed by atoms with van der Waals surface area (Å²) in [6, 6.07) is 9.44. The maximum Gasteiger partial charge on any atom is 0.337 e. The van der Waals surface area contributed by atoms with Gasteiger partial charge in [0.25, 0.3) is 0 Å². The van der Waals surface area contributed by atoms with Crippen molar-refractivity contribution in [3.63, 3.8) is 0 Å². The Bertz CT molecular complexity index is 573. The van der Waals surface area contributed by atoms with Gasteiger partial charge in [-0.1, -0.05) is 12.1 Å². The lowest BCUT2D eigenvalue weighted by molar-refractivity contribution is 0.0600. The highest BCUT2D eigenvalue weighted by Gasteiger charge is 2.07. The van der Waals surface area contributed by atoms with Crippen LogP contribution < -0.4 is 0 Å². The maximum absolute atomic E-state index is 11.4. The van der Waals surface area contributed by atoms with E-state index >= 15 is 0 Å². The molecule has 0 N–H and O–H groups in total. The summed E-state index contributed by atoms with van der Waals surface area (Å²) in [5.74, 6) is -0.315. The van der Waals surface area contributed by atoms with Gasteiger partial charge in [-0.25, -0.2) is 4.79 Å². The number of nitrogens with zero attached hydrogens (tertiary/aromatic N) is 2. The fourth-order valence-electron chi connectivity index (χ4n) is 1.92. The average Bonchev–Trinajstić information content (AvgIpc) is 2.67. The Morgan fingerprint density at radius 3 is 2.72 bits per heavy atom. The smallest absolute Gasteiger partial charge is 0.337 e. The Kier molecular flexibility index (Phi) is 3.46. The van der Waals surface area contributed by atoms with Gasteiger partial charge in [-0.15, -0.1) is 0 Å². The molecule has 1 aromatic carbocycles. The van der Waals surface area contributed by atoms with E-state index in [4.69, 9.17) is 4.74 Å². The molecule has 0 saturated carbocycles. The van der Waals surface area contributed by atoms with Gasteiger partial charge in [0.1, 0.15) is 0 Å². The van der Waals surface area contributed by atoms with E-state index in [-0.39, 0.29) is 5.97 Å². The molecular weight excluding hydrogens is 228 g/mol. The van der Waals surface area contributed by atoms with Crippen molar-refractivity contribution in [3.05, 3.63) is 52.8 Å². The van der Waals surface area contributed by atoms with Crippen molar-refractivity contribution in [1.82, 2.24) is 9.78 Å². The van der Waals surface area contributed by atoms with Gasteiger partial charge in [0, 0.05) is 5.69 Å². The van der Waals surface area contributed by atoms with Crippen LogP contribution in [-0.4, -0.2) is 22.9 Å². The zero-order chi connectivity index (χ0) is 13.1. The second-order valence-electron chi connectivity index (χ2n) is 4.28. The number of aryl methyl sites for hydroxylation is 2. The largest absolute Gasteiger partial charge is 0.465 e. The molecule has 1 heterocycles. The lowest BCUT2D eigenvalue weighted by Crippen LogP contribution is -2.06. The Morgan fingerprint density at radius 1 is 1.33 bits per heavy atom. The highest BCUT2D eigenvalue weighted by atomic mass is 16.5. The number of methoxy groups -OCH3 is 1. The predicted octanol–water partition coefficient (Wildman–Crippen LogP) is 2.33. The fraction of sp³-hybridized carbons (Fsp3) is 0.286. The van der Waals surface area contributed by atoms with Gasteiger partial charge in [0.2, 0.25) is 0 Å². The van der Waals surface area contributed by atoms with Gasteiger partial charge >= 0.3 is 5.97 Å². The first kappa shape index (κ1) is 12.4. The third kappa shape index (κ3) is 2.59.